The van der Waals surface area contributed by atoms with E-state index in [0.29, 0.717) is 40.5 Å². The molecule has 4 rings (SSSR count). The number of ether oxygens (including phenoxy) is 3. The van der Waals surface area contributed by atoms with E-state index in [-0.39, 0.29) is 27.9 Å². The number of aryl methyl sites for hydroxylation is 2. The molecule has 1 saturated heterocycles. The van der Waals surface area contributed by atoms with Gasteiger partial charge in [-0.3, -0.25) is 14.5 Å². The third-order valence-corrected chi connectivity index (χ3v) is 7.39. The summed E-state index contributed by atoms with van der Waals surface area (Å²) in [5.41, 5.74) is 1.93. The first-order valence-corrected chi connectivity index (χ1v) is 13.4. The number of hydrogen-bond acceptors (Lipinski definition) is 9. The van der Waals surface area contributed by atoms with E-state index in [0.717, 1.165) is 17.8 Å². The number of ketones is 1. The number of thiazole rings is 1. The van der Waals surface area contributed by atoms with Crippen molar-refractivity contribution in [2.45, 2.75) is 40.2 Å². The fourth-order valence-electron chi connectivity index (χ4n) is 4.36. The van der Waals surface area contributed by atoms with Gasteiger partial charge in [0, 0.05) is 5.56 Å². The number of aliphatic hydroxyl groups is 1. The molecule has 1 aliphatic rings. The van der Waals surface area contributed by atoms with Crippen molar-refractivity contribution in [2.75, 3.05) is 25.2 Å². The van der Waals surface area contributed by atoms with Gasteiger partial charge in [-0.25, -0.2) is 9.78 Å². The molecular formula is C29H30N2O7S. The number of benzene rings is 2. The predicted octanol–water partition coefficient (Wildman–Crippen LogP) is 5.36. The van der Waals surface area contributed by atoms with Gasteiger partial charge in [0.25, 0.3) is 5.78 Å². The number of aromatic nitrogens is 1. The largest absolute Gasteiger partial charge is 0.507 e. The van der Waals surface area contributed by atoms with Crippen molar-refractivity contribution in [3.8, 4) is 11.5 Å². The molecule has 2 heterocycles. The van der Waals surface area contributed by atoms with Crippen LogP contribution in [0.1, 0.15) is 58.4 Å². The van der Waals surface area contributed by atoms with Crippen LogP contribution < -0.4 is 14.4 Å². The van der Waals surface area contributed by atoms with Crippen molar-refractivity contribution >= 4 is 39.9 Å². The number of aliphatic hydroxyl groups excluding tert-OH is 1. The molecule has 10 heteroatoms. The van der Waals surface area contributed by atoms with Crippen LogP contribution in [0.5, 0.6) is 11.5 Å². The Bertz CT molecular complexity index is 1440. The van der Waals surface area contributed by atoms with Crippen LogP contribution in [0.3, 0.4) is 0 Å². The minimum absolute atomic E-state index is 0.0824. The quantitative estimate of drug-likeness (QED) is 0.164. The number of hydrogen-bond donors (Lipinski definition) is 1. The van der Waals surface area contributed by atoms with Crippen molar-refractivity contribution in [1.29, 1.82) is 0 Å². The second-order valence-corrected chi connectivity index (χ2v) is 9.88. The molecule has 0 saturated carbocycles. The van der Waals surface area contributed by atoms with E-state index >= 15 is 0 Å². The normalized spacial score (nSPS) is 16.4. The Morgan fingerprint density at radius 2 is 1.77 bits per heavy atom. The molecule has 0 aliphatic carbocycles. The SMILES string of the molecule is CCCOc1ccc(/C(O)=C2\C(=O)C(=O)N(c3nc(C)c(C(=O)OCC)s3)C2c2ccc(OC)cc2)c(C)c1. The Kier molecular flexibility index (Phi) is 8.35. The van der Waals surface area contributed by atoms with Gasteiger partial charge in [0.15, 0.2) is 5.13 Å². The Balaban J connectivity index is 1.88. The molecule has 1 amide bonds. The standard InChI is InChI=1S/C29H30N2O7S/c1-6-14-38-20-12-13-21(16(3)15-20)24(32)22-23(18-8-10-19(36-5)11-9-18)31(27(34)25(22)33)29-30-17(4)26(39-29)28(35)37-7-2/h8-13,15,23,32H,6-7,14H2,1-5H3/b24-22+. The summed E-state index contributed by atoms with van der Waals surface area (Å²) in [6, 6.07) is 11.0. The van der Waals surface area contributed by atoms with Gasteiger partial charge in [-0.2, -0.15) is 0 Å². The summed E-state index contributed by atoms with van der Waals surface area (Å²) < 4.78 is 16.1. The zero-order valence-electron chi connectivity index (χ0n) is 22.4. The average Bonchev–Trinajstić information content (AvgIpc) is 3.43. The fraction of sp³-hybridized carbons (Fsp3) is 0.310. The zero-order chi connectivity index (χ0) is 28.3. The van der Waals surface area contributed by atoms with Crippen molar-refractivity contribution in [3.63, 3.8) is 0 Å². The van der Waals surface area contributed by atoms with Gasteiger partial charge in [-0.05, 0) is 68.7 Å². The highest BCUT2D eigenvalue weighted by Gasteiger charge is 2.48. The molecule has 1 N–H and O–H groups in total. The Hall–Kier alpha value is -4.18. The molecule has 1 fully saturated rings. The van der Waals surface area contributed by atoms with Gasteiger partial charge in [-0.1, -0.05) is 30.4 Å². The van der Waals surface area contributed by atoms with Crippen molar-refractivity contribution in [1.82, 2.24) is 4.98 Å². The van der Waals surface area contributed by atoms with E-state index in [1.807, 2.05) is 6.92 Å². The second-order valence-electron chi connectivity index (χ2n) is 8.90. The number of Topliss-reactive ketones (excluding diaryl/α,β-unsaturated/α-hetero) is 1. The summed E-state index contributed by atoms with van der Waals surface area (Å²) in [5.74, 6) is -1.36. The predicted molar refractivity (Wildman–Crippen MR) is 148 cm³/mol. The van der Waals surface area contributed by atoms with Crippen molar-refractivity contribution < 1.29 is 33.7 Å². The third-order valence-electron chi connectivity index (χ3n) is 6.25. The molecule has 39 heavy (non-hydrogen) atoms. The molecule has 0 radical (unpaired) electrons. The fourth-order valence-corrected chi connectivity index (χ4v) is 5.35. The van der Waals surface area contributed by atoms with Crippen LogP contribution in [0.2, 0.25) is 0 Å². The van der Waals surface area contributed by atoms with E-state index < -0.39 is 23.7 Å². The zero-order valence-corrected chi connectivity index (χ0v) is 23.3. The van der Waals surface area contributed by atoms with E-state index in [1.54, 1.807) is 63.2 Å². The molecular weight excluding hydrogens is 520 g/mol. The lowest BCUT2D eigenvalue weighted by molar-refractivity contribution is -0.132. The highest BCUT2D eigenvalue weighted by Crippen LogP contribution is 2.44. The minimum Gasteiger partial charge on any atom is -0.507 e. The van der Waals surface area contributed by atoms with Gasteiger partial charge in [-0.15, -0.1) is 0 Å². The van der Waals surface area contributed by atoms with Crippen molar-refractivity contribution in [3.05, 3.63) is 75.3 Å². The maximum absolute atomic E-state index is 13.5. The molecule has 204 valence electrons. The van der Waals surface area contributed by atoms with E-state index in [1.165, 1.54) is 12.0 Å². The number of esters is 1. The molecule has 1 atom stereocenters. The van der Waals surface area contributed by atoms with Crippen LogP contribution in [0.15, 0.2) is 48.0 Å². The van der Waals surface area contributed by atoms with Gasteiger partial charge in [0.05, 0.1) is 37.6 Å². The Morgan fingerprint density at radius 1 is 1.08 bits per heavy atom. The summed E-state index contributed by atoms with van der Waals surface area (Å²) in [6.07, 6.45) is 0.847. The van der Waals surface area contributed by atoms with Crippen LogP contribution in [0, 0.1) is 13.8 Å². The van der Waals surface area contributed by atoms with Crippen LogP contribution in [-0.2, 0) is 14.3 Å². The number of carbonyl (C=O) groups excluding carboxylic acids is 3. The first-order valence-electron chi connectivity index (χ1n) is 12.5. The van der Waals surface area contributed by atoms with E-state index in [4.69, 9.17) is 14.2 Å². The highest BCUT2D eigenvalue weighted by molar-refractivity contribution is 7.17. The summed E-state index contributed by atoms with van der Waals surface area (Å²) >= 11 is 0.961. The monoisotopic (exact) mass is 550 g/mol. The molecule has 0 spiro atoms. The van der Waals surface area contributed by atoms with Gasteiger partial charge in [0.2, 0.25) is 0 Å². The molecule has 1 unspecified atom stereocenters. The summed E-state index contributed by atoms with van der Waals surface area (Å²) in [4.78, 5) is 45.3. The van der Waals surface area contributed by atoms with Crippen LogP contribution in [-0.4, -0.2) is 48.1 Å². The number of amides is 1. The molecule has 2 aromatic carbocycles. The van der Waals surface area contributed by atoms with Gasteiger partial charge >= 0.3 is 11.9 Å². The maximum atomic E-state index is 13.5. The molecule has 1 aliphatic heterocycles. The number of carbonyl (C=O) groups is 3. The molecule has 9 nitrogen and oxygen atoms in total. The summed E-state index contributed by atoms with van der Waals surface area (Å²) in [6.45, 7) is 7.86. The first-order chi connectivity index (χ1) is 18.7. The second kappa shape index (κ2) is 11.7. The van der Waals surface area contributed by atoms with E-state index in [2.05, 4.69) is 4.98 Å². The average molecular weight is 551 g/mol. The number of rotatable bonds is 9. The van der Waals surface area contributed by atoms with Crippen LogP contribution in [0.4, 0.5) is 5.13 Å². The highest BCUT2D eigenvalue weighted by atomic mass is 32.1. The third kappa shape index (κ3) is 5.37. The number of methoxy groups -OCH3 is 1. The Labute approximate surface area is 230 Å². The number of anilines is 1. The summed E-state index contributed by atoms with van der Waals surface area (Å²) in [7, 11) is 1.53. The van der Waals surface area contributed by atoms with Crippen molar-refractivity contribution in [2.24, 2.45) is 0 Å². The molecule has 0 bridgehead atoms. The molecule has 1 aromatic heterocycles. The number of nitrogens with zero attached hydrogens (tertiary/aromatic N) is 2. The lowest BCUT2D eigenvalue weighted by atomic mass is 9.94. The summed E-state index contributed by atoms with van der Waals surface area (Å²) in [5, 5.41) is 11.6. The molecule has 3 aromatic rings. The smallest absolute Gasteiger partial charge is 0.350 e. The van der Waals surface area contributed by atoms with E-state index in [9.17, 15) is 19.5 Å². The van der Waals surface area contributed by atoms with Crippen LogP contribution in [0.25, 0.3) is 5.76 Å². The maximum Gasteiger partial charge on any atom is 0.350 e. The van der Waals surface area contributed by atoms with Crippen LogP contribution >= 0.6 is 11.3 Å². The first kappa shape index (κ1) is 27.8. The minimum atomic E-state index is -0.994. The van der Waals surface area contributed by atoms with Gasteiger partial charge < -0.3 is 19.3 Å². The lowest BCUT2D eigenvalue weighted by Gasteiger charge is -2.23. The lowest BCUT2D eigenvalue weighted by Crippen LogP contribution is -2.29. The van der Waals surface area contributed by atoms with Gasteiger partial charge in [0.1, 0.15) is 22.1 Å². The topological polar surface area (TPSA) is 115 Å². The Morgan fingerprint density at radius 3 is 2.38 bits per heavy atom.